The monoisotopic (exact) mass is 267 g/mol. The molecule has 0 saturated carbocycles. The fourth-order valence-electron chi connectivity index (χ4n) is 1.43. The van der Waals surface area contributed by atoms with Gasteiger partial charge in [0.15, 0.2) is 5.69 Å². The molecule has 0 N–H and O–H groups in total. The van der Waals surface area contributed by atoms with E-state index in [1.54, 1.807) is 4.90 Å². The smallest absolute Gasteiger partial charge is 0.358 e. The third-order valence-corrected chi connectivity index (χ3v) is 2.46. The highest BCUT2D eigenvalue weighted by Crippen LogP contribution is 2.13. The molecule has 1 heterocycles. The Labute approximate surface area is 111 Å². The lowest BCUT2D eigenvalue weighted by molar-refractivity contribution is -0.139. The van der Waals surface area contributed by atoms with Crippen molar-refractivity contribution in [3.8, 4) is 0 Å². The average Bonchev–Trinajstić information content (AvgIpc) is 2.43. The summed E-state index contributed by atoms with van der Waals surface area (Å²) in [7, 11) is 2.59. The summed E-state index contributed by atoms with van der Waals surface area (Å²) in [5, 5.41) is 0. The second-order valence-electron chi connectivity index (χ2n) is 4.05. The standard InChI is InChI=1S/C12H17N3O4/c1-8(2)15(7-11(16)18-3)10-6-13-5-9(14-10)12(17)19-4/h5-6,8H,7H2,1-4H3. The van der Waals surface area contributed by atoms with Crippen LogP contribution in [0.25, 0.3) is 0 Å². The Morgan fingerprint density at radius 2 is 1.95 bits per heavy atom. The van der Waals surface area contributed by atoms with E-state index in [0.29, 0.717) is 5.82 Å². The minimum absolute atomic E-state index is 0.00120. The first-order valence-corrected chi connectivity index (χ1v) is 5.73. The van der Waals surface area contributed by atoms with Crippen molar-refractivity contribution in [3.05, 3.63) is 18.1 Å². The van der Waals surface area contributed by atoms with Gasteiger partial charge in [0.2, 0.25) is 0 Å². The van der Waals surface area contributed by atoms with Crippen molar-refractivity contribution in [1.82, 2.24) is 9.97 Å². The molecule has 104 valence electrons. The van der Waals surface area contributed by atoms with Crippen LogP contribution in [0.5, 0.6) is 0 Å². The predicted octanol–water partition coefficient (Wildman–Crippen LogP) is 0.651. The minimum atomic E-state index is -0.573. The van der Waals surface area contributed by atoms with Crippen molar-refractivity contribution < 1.29 is 19.1 Å². The summed E-state index contributed by atoms with van der Waals surface area (Å²) in [6, 6.07) is 0.00120. The number of carbonyl (C=O) groups excluding carboxylic acids is 2. The summed E-state index contributed by atoms with van der Waals surface area (Å²) in [4.78, 5) is 32.5. The molecule has 7 nitrogen and oxygen atoms in total. The third-order valence-electron chi connectivity index (χ3n) is 2.46. The number of hydrogen-bond donors (Lipinski definition) is 0. The van der Waals surface area contributed by atoms with Crippen LogP contribution in [0.2, 0.25) is 0 Å². The molecule has 0 aliphatic carbocycles. The van der Waals surface area contributed by atoms with Gasteiger partial charge < -0.3 is 14.4 Å². The number of hydrogen-bond acceptors (Lipinski definition) is 7. The van der Waals surface area contributed by atoms with Gasteiger partial charge in [-0.3, -0.25) is 9.78 Å². The molecule has 1 aromatic rings. The lowest BCUT2D eigenvalue weighted by Crippen LogP contribution is -2.37. The molecule has 0 spiro atoms. The SMILES string of the molecule is COC(=O)CN(c1cncc(C(=O)OC)n1)C(C)C. The first kappa shape index (κ1) is 14.9. The minimum Gasteiger partial charge on any atom is -0.468 e. The van der Waals surface area contributed by atoms with E-state index in [9.17, 15) is 9.59 Å². The van der Waals surface area contributed by atoms with E-state index in [1.165, 1.54) is 26.6 Å². The van der Waals surface area contributed by atoms with Gasteiger partial charge in [0.1, 0.15) is 12.4 Å². The molecule has 0 atom stereocenters. The van der Waals surface area contributed by atoms with Crippen molar-refractivity contribution in [2.45, 2.75) is 19.9 Å². The van der Waals surface area contributed by atoms with Crippen LogP contribution in [0.1, 0.15) is 24.3 Å². The molecule has 7 heteroatoms. The molecule has 1 rings (SSSR count). The van der Waals surface area contributed by atoms with Crippen LogP contribution in [0, 0.1) is 0 Å². The summed E-state index contributed by atoms with van der Waals surface area (Å²) in [6.45, 7) is 3.83. The molecule has 0 saturated heterocycles. The van der Waals surface area contributed by atoms with Crippen LogP contribution in [0.4, 0.5) is 5.82 Å². The average molecular weight is 267 g/mol. The van der Waals surface area contributed by atoms with Crippen LogP contribution in [0.3, 0.4) is 0 Å². The van der Waals surface area contributed by atoms with E-state index in [0.717, 1.165) is 0 Å². The van der Waals surface area contributed by atoms with Crippen molar-refractivity contribution in [3.63, 3.8) is 0 Å². The van der Waals surface area contributed by atoms with Gasteiger partial charge in [-0.15, -0.1) is 0 Å². The summed E-state index contributed by atoms with van der Waals surface area (Å²) in [5.74, 6) is -0.543. The zero-order valence-corrected chi connectivity index (χ0v) is 11.4. The molecule has 1 aromatic heterocycles. The molecular weight excluding hydrogens is 250 g/mol. The molecule has 0 unspecified atom stereocenters. The maximum absolute atomic E-state index is 11.4. The van der Waals surface area contributed by atoms with Gasteiger partial charge in [-0.05, 0) is 13.8 Å². The van der Waals surface area contributed by atoms with Gasteiger partial charge in [-0.1, -0.05) is 0 Å². The van der Waals surface area contributed by atoms with E-state index < -0.39 is 5.97 Å². The zero-order chi connectivity index (χ0) is 14.4. The first-order chi connectivity index (χ1) is 8.99. The maximum atomic E-state index is 11.4. The van der Waals surface area contributed by atoms with Crippen LogP contribution >= 0.6 is 0 Å². The fourth-order valence-corrected chi connectivity index (χ4v) is 1.43. The molecule has 0 radical (unpaired) electrons. The number of nitrogens with zero attached hydrogens (tertiary/aromatic N) is 3. The summed E-state index contributed by atoms with van der Waals surface area (Å²) >= 11 is 0. The van der Waals surface area contributed by atoms with Crippen LogP contribution in [-0.4, -0.2) is 48.7 Å². The van der Waals surface area contributed by atoms with Crippen LogP contribution in [-0.2, 0) is 14.3 Å². The van der Waals surface area contributed by atoms with E-state index in [1.807, 2.05) is 13.8 Å². The summed E-state index contributed by atoms with van der Waals surface area (Å²) < 4.78 is 9.21. The lowest BCUT2D eigenvalue weighted by atomic mass is 10.3. The fraction of sp³-hybridized carbons (Fsp3) is 0.500. The molecular formula is C12H17N3O4. The number of esters is 2. The number of anilines is 1. The molecule has 0 fully saturated rings. The quantitative estimate of drug-likeness (QED) is 0.724. The summed E-state index contributed by atoms with van der Waals surface area (Å²) in [5.41, 5.74) is 0.0931. The summed E-state index contributed by atoms with van der Waals surface area (Å²) in [6.07, 6.45) is 2.79. The Hall–Kier alpha value is -2.18. The topological polar surface area (TPSA) is 81.6 Å². The second-order valence-corrected chi connectivity index (χ2v) is 4.05. The molecule has 0 aromatic carbocycles. The van der Waals surface area contributed by atoms with Crippen molar-refractivity contribution in [2.24, 2.45) is 0 Å². The van der Waals surface area contributed by atoms with Gasteiger partial charge in [0.05, 0.1) is 26.6 Å². The molecule has 0 aliphatic rings. The van der Waals surface area contributed by atoms with Gasteiger partial charge >= 0.3 is 11.9 Å². The Bertz CT molecular complexity index is 462. The lowest BCUT2D eigenvalue weighted by Gasteiger charge is -2.26. The molecule has 0 aliphatic heterocycles. The number of carbonyl (C=O) groups is 2. The van der Waals surface area contributed by atoms with Gasteiger partial charge in [-0.2, -0.15) is 0 Å². The maximum Gasteiger partial charge on any atom is 0.358 e. The van der Waals surface area contributed by atoms with E-state index in [-0.39, 0.29) is 24.2 Å². The van der Waals surface area contributed by atoms with Crippen molar-refractivity contribution >= 4 is 17.8 Å². The number of rotatable bonds is 5. The molecule has 0 bridgehead atoms. The zero-order valence-electron chi connectivity index (χ0n) is 11.4. The number of ether oxygens (including phenoxy) is 2. The number of aromatic nitrogens is 2. The third kappa shape index (κ3) is 3.90. The van der Waals surface area contributed by atoms with Crippen molar-refractivity contribution in [1.29, 1.82) is 0 Å². The van der Waals surface area contributed by atoms with Crippen LogP contribution in [0.15, 0.2) is 12.4 Å². The van der Waals surface area contributed by atoms with Gasteiger partial charge in [-0.25, -0.2) is 9.78 Å². The Kier molecular flexibility index (Phi) is 5.23. The highest BCUT2D eigenvalue weighted by atomic mass is 16.5. The first-order valence-electron chi connectivity index (χ1n) is 5.73. The highest BCUT2D eigenvalue weighted by Gasteiger charge is 2.18. The normalized spacial score (nSPS) is 10.2. The van der Waals surface area contributed by atoms with E-state index >= 15 is 0 Å². The van der Waals surface area contributed by atoms with Crippen LogP contribution < -0.4 is 4.90 Å². The van der Waals surface area contributed by atoms with E-state index in [4.69, 9.17) is 0 Å². The van der Waals surface area contributed by atoms with Gasteiger partial charge in [0, 0.05) is 6.04 Å². The molecule has 0 amide bonds. The predicted molar refractivity (Wildman–Crippen MR) is 67.9 cm³/mol. The Morgan fingerprint density at radius 3 is 2.47 bits per heavy atom. The van der Waals surface area contributed by atoms with Gasteiger partial charge in [0.25, 0.3) is 0 Å². The molecule has 19 heavy (non-hydrogen) atoms. The largest absolute Gasteiger partial charge is 0.468 e. The van der Waals surface area contributed by atoms with Crippen molar-refractivity contribution in [2.75, 3.05) is 25.7 Å². The Morgan fingerprint density at radius 1 is 1.26 bits per heavy atom. The second kappa shape index (κ2) is 6.67. The number of methoxy groups -OCH3 is 2. The van der Waals surface area contributed by atoms with E-state index in [2.05, 4.69) is 19.4 Å². The Balaban J connectivity index is 3.02. The highest BCUT2D eigenvalue weighted by molar-refractivity contribution is 5.87.